The molecule has 4 N–H and O–H groups in total. The topological polar surface area (TPSA) is 231 Å². The standard InChI is InChI=1S/C85H148O16P2/c1-4-7-10-13-16-19-22-25-28-30-32-33-34-35-36-37-38-39-40-41-42-43-44-45-47-49-51-53-56-59-62-65-68-71-83(88)95-74-80(86)75-97-102(91,92)98-76-81(87)77-99-103(93,94)100-79-82(101-85(90)73-70-67-64-61-58-55-50-27-24-21-18-15-12-9-6-3)78-96-84(89)72-69-66-63-60-57-54-52-48-46-31-29-26-23-20-17-14-11-8-5-2/h7,10,16-21,25-29,32-33,35-36,46,48,50,80-82,86-87H,4-6,8-9,11-15,22-24,30-31,34,37-45,47,49,51-79H2,1-3H3,(H,91,92)(H,93,94)/b10-7-,19-16-,20-17-,21-18-,28-25-,29-26-,33-32-,36-35-,48-46-,50-27-. The summed E-state index contributed by atoms with van der Waals surface area (Å²) in [6, 6.07) is 0. The molecule has 5 unspecified atom stereocenters. The van der Waals surface area contributed by atoms with E-state index in [0.29, 0.717) is 19.3 Å². The summed E-state index contributed by atoms with van der Waals surface area (Å²) in [5.74, 6) is -1.60. The average Bonchev–Trinajstić information content (AvgIpc) is 0.916. The molecule has 103 heavy (non-hydrogen) atoms. The van der Waals surface area contributed by atoms with Crippen molar-refractivity contribution in [2.75, 3.05) is 39.6 Å². The zero-order valence-electron chi connectivity index (χ0n) is 65.0. The number of aliphatic hydroxyl groups is 2. The molecule has 594 valence electrons. The van der Waals surface area contributed by atoms with Gasteiger partial charge in [0, 0.05) is 19.3 Å². The Morgan fingerprint density at radius 3 is 0.816 bits per heavy atom. The Hall–Kier alpha value is -4.05. The second-order valence-corrected chi connectivity index (χ2v) is 30.1. The van der Waals surface area contributed by atoms with Crippen molar-refractivity contribution < 1.29 is 75.8 Å². The van der Waals surface area contributed by atoms with Gasteiger partial charge in [0.1, 0.15) is 25.4 Å². The number of phosphoric ester groups is 2. The fourth-order valence-corrected chi connectivity index (χ4v) is 12.5. The van der Waals surface area contributed by atoms with Crippen LogP contribution in [0, 0.1) is 0 Å². The van der Waals surface area contributed by atoms with Crippen molar-refractivity contribution in [1.82, 2.24) is 0 Å². The molecule has 16 nitrogen and oxygen atoms in total. The molecule has 0 heterocycles. The van der Waals surface area contributed by atoms with Gasteiger partial charge in [-0.1, -0.05) is 309 Å². The first-order chi connectivity index (χ1) is 50.2. The third-order valence-electron chi connectivity index (χ3n) is 17.1. The van der Waals surface area contributed by atoms with E-state index < -0.39 is 91.5 Å². The average molecular weight is 1490 g/mol. The van der Waals surface area contributed by atoms with Crippen molar-refractivity contribution in [3.63, 3.8) is 0 Å². The van der Waals surface area contributed by atoms with Gasteiger partial charge in [-0.25, -0.2) is 9.13 Å². The number of carbonyl (C=O) groups excluding carboxylic acids is 3. The van der Waals surface area contributed by atoms with E-state index in [1.54, 1.807) is 0 Å². The minimum Gasteiger partial charge on any atom is -0.463 e. The summed E-state index contributed by atoms with van der Waals surface area (Å²) >= 11 is 0. The van der Waals surface area contributed by atoms with Crippen LogP contribution in [0.1, 0.15) is 342 Å². The van der Waals surface area contributed by atoms with Crippen molar-refractivity contribution >= 4 is 33.6 Å². The van der Waals surface area contributed by atoms with Gasteiger partial charge in [-0.15, -0.1) is 0 Å². The SMILES string of the molecule is CC/C=C\C/C=C\C/C=C\C/C=C\C/C=C\CCCCCCCCCCCCCCCCCCCC(=O)OCC(O)COP(=O)(O)OCC(O)COP(=O)(O)OCC(COC(=O)CCCCCCCC/C=C\C/C=C\C/C=C\CCCCC)OC(=O)CCCCCCC/C=C\C/C=C\CCCCC. The Morgan fingerprint density at radius 2 is 0.515 bits per heavy atom. The van der Waals surface area contributed by atoms with Gasteiger partial charge < -0.3 is 34.2 Å². The summed E-state index contributed by atoms with van der Waals surface area (Å²) < 4.78 is 61.1. The van der Waals surface area contributed by atoms with Gasteiger partial charge in [-0.05, 0) is 135 Å². The van der Waals surface area contributed by atoms with Crippen LogP contribution in [0.4, 0.5) is 0 Å². The Morgan fingerprint density at radius 1 is 0.282 bits per heavy atom. The van der Waals surface area contributed by atoms with E-state index in [2.05, 4.69) is 142 Å². The van der Waals surface area contributed by atoms with Gasteiger partial charge in [-0.2, -0.15) is 0 Å². The number of esters is 3. The molecule has 0 aromatic rings. The monoisotopic (exact) mass is 1490 g/mol. The molecule has 18 heteroatoms. The molecule has 0 fully saturated rings. The van der Waals surface area contributed by atoms with Crippen LogP contribution < -0.4 is 0 Å². The van der Waals surface area contributed by atoms with Gasteiger partial charge in [0.25, 0.3) is 0 Å². The Bertz CT molecular complexity index is 2360. The van der Waals surface area contributed by atoms with Crippen molar-refractivity contribution in [1.29, 1.82) is 0 Å². The third-order valence-corrected chi connectivity index (χ3v) is 19.0. The van der Waals surface area contributed by atoms with E-state index in [4.69, 9.17) is 32.3 Å². The maximum absolute atomic E-state index is 13.0. The van der Waals surface area contributed by atoms with E-state index in [9.17, 15) is 43.5 Å². The lowest BCUT2D eigenvalue weighted by atomic mass is 10.0. The van der Waals surface area contributed by atoms with Crippen molar-refractivity contribution in [3.05, 3.63) is 122 Å². The number of unbranched alkanes of at least 4 members (excludes halogenated alkanes) is 34. The summed E-state index contributed by atoms with van der Waals surface area (Å²) in [6.07, 6.45) is 92.6. The van der Waals surface area contributed by atoms with Crippen LogP contribution in [-0.2, 0) is 55.8 Å². The zero-order chi connectivity index (χ0) is 75.2. The minimum absolute atomic E-state index is 0.0849. The smallest absolute Gasteiger partial charge is 0.463 e. The Kier molecular flexibility index (Phi) is 74.5. The van der Waals surface area contributed by atoms with Gasteiger partial charge in [0.05, 0.1) is 26.4 Å². The second kappa shape index (κ2) is 77.6. The second-order valence-electron chi connectivity index (χ2n) is 27.2. The van der Waals surface area contributed by atoms with E-state index in [1.165, 1.54) is 128 Å². The highest BCUT2D eigenvalue weighted by Gasteiger charge is 2.29. The summed E-state index contributed by atoms with van der Waals surface area (Å²) in [5, 5.41) is 20.6. The molecule has 0 rings (SSSR count). The Labute approximate surface area is 627 Å². The maximum Gasteiger partial charge on any atom is 0.472 e. The number of carbonyl (C=O) groups is 3. The summed E-state index contributed by atoms with van der Waals surface area (Å²) in [5.41, 5.74) is 0. The molecule has 0 aromatic heterocycles. The fraction of sp³-hybridized carbons (Fsp3) is 0.729. The van der Waals surface area contributed by atoms with Crippen molar-refractivity contribution in [2.24, 2.45) is 0 Å². The molecule has 0 aliphatic heterocycles. The first-order valence-electron chi connectivity index (χ1n) is 40.8. The number of aliphatic hydroxyl groups excluding tert-OH is 2. The third kappa shape index (κ3) is 78.8. The number of hydrogen-bond acceptors (Lipinski definition) is 14. The first kappa shape index (κ1) is 98.9. The van der Waals surface area contributed by atoms with Crippen LogP contribution in [0.2, 0.25) is 0 Å². The molecular weight excluding hydrogens is 1340 g/mol. The number of allylic oxidation sites excluding steroid dienone is 20. The highest BCUT2D eigenvalue weighted by atomic mass is 31.2. The first-order valence-corrected chi connectivity index (χ1v) is 43.8. The highest BCUT2D eigenvalue weighted by molar-refractivity contribution is 7.47. The summed E-state index contributed by atoms with van der Waals surface area (Å²) in [4.78, 5) is 58.6. The van der Waals surface area contributed by atoms with Crippen LogP contribution in [0.15, 0.2) is 122 Å². The van der Waals surface area contributed by atoms with Crippen molar-refractivity contribution in [3.8, 4) is 0 Å². The number of rotatable bonds is 77. The van der Waals surface area contributed by atoms with Gasteiger partial charge in [0.2, 0.25) is 0 Å². The van der Waals surface area contributed by atoms with E-state index >= 15 is 0 Å². The number of phosphoric acid groups is 2. The van der Waals surface area contributed by atoms with Gasteiger partial charge >= 0.3 is 33.6 Å². The molecule has 0 aliphatic carbocycles. The maximum atomic E-state index is 13.0. The molecule has 0 saturated heterocycles. The molecule has 0 spiro atoms. The fourth-order valence-electron chi connectivity index (χ4n) is 10.9. The van der Waals surface area contributed by atoms with Crippen LogP contribution in [-0.4, -0.2) is 95.9 Å². The zero-order valence-corrected chi connectivity index (χ0v) is 66.7. The highest BCUT2D eigenvalue weighted by Crippen LogP contribution is 2.45. The molecule has 0 radical (unpaired) electrons. The molecule has 0 bridgehead atoms. The number of ether oxygens (including phenoxy) is 3. The normalized spacial score (nSPS) is 14.6. The quantitative estimate of drug-likeness (QED) is 0.0146. The summed E-state index contributed by atoms with van der Waals surface area (Å²) in [7, 11) is -9.80. The predicted molar refractivity (Wildman–Crippen MR) is 427 cm³/mol. The van der Waals surface area contributed by atoms with Crippen LogP contribution in [0.25, 0.3) is 0 Å². The largest absolute Gasteiger partial charge is 0.472 e. The van der Waals surface area contributed by atoms with E-state index in [0.717, 1.165) is 154 Å². The molecular formula is C85H148O16P2. The van der Waals surface area contributed by atoms with Gasteiger partial charge in [0.15, 0.2) is 6.10 Å². The molecule has 0 saturated carbocycles. The summed E-state index contributed by atoms with van der Waals surface area (Å²) in [6.45, 7) is 2.51. The number of hydrogen-bond donors (Lipinski definition) is 4. The van der Waals surface area contributed by atoms with Crippen LogP contribution >= 0.6 is 15.6 Å². The lowest BCUT2D eigenvalue weighted by molar-refractivity contribution is -0.161. The van der Waals surface area contributed by atoms with Crippen LogP contribution in [0.5, 0.6) is 0 Å². The van der Waals surface area contributed by atoms with Crippen molar-refractivity contribution in [2.45, 2.75) is 360 Å². The van der Waals surface area contributed by atoms with E-state index in [-0.39, 0.29) is 19.3 Å². The van der Waals surface area contributed by atoms with E-state index in [1.807, 2.05) is 0 Å². The Balaban J connectivity index is 4.44. The molecule has 0 amide bonds. The molecule has 0 aromatic carbocycles. The van der Waals surface area contributed by atoms with Crippen LogP contribution in [0.3, 0.4) is 0 Å². The predicted octanol–water partition coefficient (Wildman–Crippen LogP) is 24.1. The van der Waals surface area contributed by atoms with Gasteiger partial charge in [-0.3, -0.25) is 32.5 Å². The lowest BCUT2D eigenvalue weighted by Gasteiger charge is -2.21. The molecule has 0 aliphatic rings. The lowest BCUT2D eigenvalue weighted by Crippen LogP contribution is -2.30. The minimum atomic E-state index is -4.94. The molecule has 5 atom stereocenters.